The van der Waals surface area contributed by atoms with Gasteiger partial charge in [0.05, 0.1) is 6.61 Å². The van der Waals surface area contributed by atoms with Crippen molar-refractivity contribution in [3.63, 3.8) is 0 Å². The number of hydrogen-bond acceptors (Lipinski definition) is 4. The van der Waals surface area contributed by atoms with Gasteiger partial charge in [0.2, 0.25) is 0 Å². The molecule has 8 atom stereocenters. The average molecular weight is 350 g/mol. The lowest BCUT2D eigenvalue weighted by atomic mass is 9.58. The minimum Gasteiger partial charge on any atom is -0.366 e. The Bertz CT molecular complexity index is 532. The first-order valence-corrected chi connectivity index (χ1v) is 10.2. The molecule has 2 aliphatic heterocycles. The fraction of sp³-hybridized carbons (Fsp3) is 0.905. The van der Waals surface area contributed by atoms with Crippen molar-refractivity contribution in [2.45, 2.75) is 83.6 Å². The smallest absolute Gasteiger partial charge is 0.181 e. The van der Waals surface area contributed by atoms with Crippen LogP contribution in [0.25, 0.3) is 0 Å². The number of allylic oxidation sites excluding steroid dienone is 1. The van der Waals surface area contributed by atoms with Crippen LogP contribution in [0.5, 0.6) is 0 Å². The van der Waals surface area contributed by atoms with E-state index in [1.165, 1.54) is 12.8 Å². The molecule has 3 unspecified atom stereocenters. The van der Waals surface area contributed by atoms with Gasteiger partial charge in [0.25, 0.3) is 0 Å². The second-order valence-electron chi connectivity index (χ2n) is 9.20. The summed E-state index contributed by atoms with van der Waals surface area (Å²) in [4.78, 5) is 0. The van der Waals surface area contributed by atoms with Crippen LogP contribution in [0.3, 0.4) is 0 Å². The molecule has 2 heterocycles. The number of aliphatic hydroxyl groups is 1. The van der Waals surface area contributed by atoms with Crippen molar-refractivity contribution in [3.8, 4) is 0 Å². The summed E-state index contributed by atoms with van der Waals surface area (Å²) in [5.74, 6) is 0.480. The van der Waals surface area contributed by atoms with Gasteiger partial charge in [-0.1, -0.05) is 26.3 Å². The predicted octanol–water partition coefficient (Wildman–Crippen LogP) is 4.23. The fourth-order valence-corrected chi connectivity index (χ4v) is 6.36. The third-order valence-electron chi connectivity index (χ3n) is 7.56. The molecule has 4 nitrogen and oxygen atoms in total. The summed E-state index contributed by atoms with van der Waals surface area (Å²) in [6, 6.07) is 0. The Labute approximate surface area is 151 Å². The minimum absolute atomic E-state index is 0.0888. The van der Waals surface area contributed by atoms with Gasteiger partial charge in [0.1, 0.15) is 0 Å². The molecule has 0 amide bonds. The molecule has 0 aromatic carbocycles. The number of rotatable bonds is 5. The second-order valence-corrected chi connectivity index (χ2v) is 9.20. The largest absolute Gasteiger partial charge is 0.366 e. The van der Waals surface area contributed by atoms with Crippen molar-refractivity contribution >= 4 is 0 Å². The first kappa shape index (κ1) is 18.0. The van der Waals surface area contributed by atoms with Crippen LogP contribution in [0.2, 0.25) is 0 Å². The monoisotopic (exact) mass is 350 g/mol. The molecule has 1 spiro atoms. The maximum absolute atomic E-state index is 10.7. The fourth-order valence-electron chi connectivity index (χ4n) is 6.36. The average Bonchev–Trinajstić information content (AvgIpc) is 3.18. The van der Waals surface area contributed by atoms with Crippen LogP contribution in [0.1, 0.15) is 65.7 Å². The molecule has 0 aromatic rings. The van der Waals surface area contributed by atoms with E-state index in [1.807, 2.05) is 6.08 Å². The number of unbranched alkanes of at least 4 members (excludes halogenated alkanes) is 1. The normalized spacial score (nSPS) is 54.2. The maximum Gasteiger partial charge on any atom is 0.181 e. The van der Waals surface area contributed by atoms with Crippen LogP contribution in [0.15, 0.2) is 12.7 Å². The van der Waals surface area contributed by atoms with E-state index >= 15 is 0 Å². The van der Waals surface area contributed by atoms with Gasteiger partial charge in [-0.05, 0) is 50.4 Å². The highest BCUT2D eigenvalue weighted by Gasteiger charge is 2.83. The molecular weight excluding hydrogens is 316 g/mol. The van der Waals surface area contributed by atoms with Gasteiger partial charge in [0.15, 0.2) is 17.9 Å². The third-order valence-corrected chi connectivity index (χ3v) is 7.56. The summed E-state index contributed by atoms with van der Waals surface area (Å²) < 4.78 is 18.9. The highest BCUT2D eigenvalue weighted by Crippen LogP contribution is 2.78. The Balaban J connectivity index is 1.60. The van der Waals surface area contributed by atoms with Crippen molar-refractivity contribution in [2.24, 2.45) is 29.1 Å². The molecule has 0 bridgehead atoms. The molecule has 25 heavy (non-hydrogen) atoms. The highest BCUT2D eigenvalue weighted by atomic mass is 16.8. The zero-order chi connectivity index (χ0) is 17.9. The molecule has 4 fully saturated rings. The zero-order valence-corrected chi connectivity index (χ0v) is 16.0. The van der Waals surface area contributed by atoms with Crippen LogP contribution in [0.4, 0.5) is 0 Å². The summed E-state index contributed by atoms with van der Waals surface area (Å²) in [5.41, 5.74) is 0.0888. The Hall–Kier alpha value is -0.420. The molecule has 2 aliphatic carbocycles. The van der Waals surface area contributed by atoms with E-state index < -0.39 is 11.6 Å². The lowest BCUT2D eigenvalue weighted by Crippen LogP contribution is -2.54. The number of ether oxygens (including phenoxy) is 3. The van der Waals surface area contributed by atoms with Gasteiger partial charge in [-0.15, -0.1) is 6.58 Å². The van der Waals surface area contributed by atoms with Crippen molar-refractivity contribution in [1.29, 1.82) is 0 Å². The number of hydrogen-bond donors (Lipinski definition) is 1. The van der Waals surface area contributed by atoms with Crippen molar-refractivity contribution in [3.05, 3.63) is 12.7 Å². The summed E-state index contributed by atoms with van der Waals surface area (Å²) >= 11 is 0. The van der Waals surface area contributed by atoms with Gasteiger partial charge in [0, 0.05) is 24.2 Å². The van der Waals surface area contributed by atoms with E-state index in [2.05, 4.69) is 20.4 Å². The second kappa shape index (κ2) is 6.05. The Morgan fingerprint density at radius 2 is 2.04 bits per heavy atom. The summed E-state index contributed by atoms with van der Waals surface area (Å²) in [6.45, 7) is 10.9. The Morgan fingerprint density at radius 1 is 1.24 bits per heavy atom. The molecule has 1 N–H and O–H groups in total. The maximum atomic E-state index is 10.7. The molecule has 0 radical (unpaired) electrons. The van der Waals surface area contributed by atoms with Crippen LogP contribution in [-0.2, 0) is 14.2 Å². The summed E-state index contributed by atoms with van der Waals surface area (Å²) in [7, 11) is 0. The SMILES string of the molecule is C=CCCCOC1O[C@]23C[C@]24C(CC[C@@H](C)C4CC[C@@](C)(O)O3)[C@H]1C. The van der Waals surface area contributed by atoms with E-state index in [4.69, 9.17) is 14.2 Å². The molecule has 4 aliphatic rings. The Morgan fingerprint density at radius 3 is 2.80 bits per heavy atom. The third kappa shape index (κ3) is 2.63. The van der Waals surface area contributed by atoms with Gasteiger partial charge >= 0.3 is 0 Å². The van der Waals surface area contributed by atoms with Gasteiger partial charge in [-0.2, -0.15) is 0 Å². The summed E-state index contributed by atoms with van der Waals surface area (Å²) in [6.07, 6.45) is 8.78. The topological polar surface area (TPSA) is 47.9 Å². The van der Waals surface area contributed by atoms with Crippen LogP contribution >= 0.6 is 0 Å². The zero-order valence-electron chi connectivity index (χ0n) is 16.0. The van der Waals surface area contributed by atoms with Crippen molar-refractivity contribution in [2.75, 3.05) is 6.61 Å². The first-order chi connectivity index (χ1) is 11.9. The standard InChI is InChI=1S/C21H34O4/c1-5-6-7-12-23-18-15(3)17-9-8-14(2)16-10-11-19(4,22)25-21(24-18)13-20(16,17)21/h5,14-18,22H,1,6-13H2,2-4H3/t14-,15-,16?,17?,18?,19+,20+,21+/m1/s1. The minimum atomic E-state index is -1.10. The molecule has 4 heteroatoms. The van der Waals surface area contributed by atoms with Gasteiger partial charge in [-0.25, -0.2) is 0 Å². The van der Waals surface area contributed by atoms with Crippen LogP contribution in [-0.4, -0.2) is 29.6 Å². The van der Waals surface area contributed by atoms with E-state index in [-0.39, 0.29) is 11.7 Å². The lowest BCUT2D eigenvalue weighted by Gasteiger charge is -2.51. The van der Waals surface area contributed by atoms with Crippen LogP contribution in [0, 0.1) is 29.1 Å². The molecule has 4 rings (SSSR count). The van der Waals surface area contributed by atoms with Gasteiger partial charge < -0.3 is 19.3 Å². The summed E-state index contributed by atoms with van der Waals surface area (Å²) in [5, 5.41) is 10.7. The van der Waals surface area contributed by atoms with E-state index in [1.54, 1.807) is 6.92 Å². The van der Waals surface area contributed by atoms with Crippen molar-refractivity contribution < 1.29 is 19.3 Å². The van der Waals surface area contributed by atoms with Crippen molar-refractivity contribution in [1.82, 2.24) is 0 Å². The molecular formula is C21H34O4. The predicted molar refractivity (Wildman–Crippen MR) is 95.5 cm³/mol. The lowest BCUT2D eigenvalue weighted by molar-refractivity contribution is -0.378. The van der Waals surface area contributed by atoms with Gasteiger partial charge in [-0.3, -0.25) is 0 Å². The van der Waals surface area contributed by atoms with E-state index in [0.29, 0.717) is 36.7 Å². The molecule has 0 aromatic heterocycles. The quantitative estimate of drug-likeness (QED) is 0.595. The Kier molecular flexibility index (Phi) is 4.35. The first-order valence-electron chi connectivity index (χ1n) is 10.2. The highest BCUT2D eigenvalue weighted by molar-refractivity contribution is 5.24. The van der Waals surface area contributed by atoms with Crippen LogP contribution < -0.4 is 0 Å². The molecule has 2 saturated heterocycles. The molecule has 142 valence electrons. The molecule has 2 saturated carbocycles. The van der Waals surface area contributed by atoms with E-state index in [9.17, 15) is 5.11 Å². The van der Waals surface area contributed by atoms with E-state index in [0.717, 1.165) is 25.7 Å².